The maximum atomic E-state index is 12.9. The standard InChI is InChI=1S/C49H84O12S/c1-3-5-7-9-11-13-15-17-18-19-20-21-22-23-24-25-26-27-28-30-32-34-36-38-45(51)59-43(41-57-39-37-35-33-31-29-16-14-12-10-8-6-4-2)42-58-49-47(53)48(61-62(54,55)56)46(52)44(40-50)60-49/h5,7,10-13,17-18,20-21,23-24,43-44,46-50,52-53H,3-4,6,8-9,14-16,19,22,25-42H2,1-2H3,(H,54,55,56)/b7-5-,12-10-,13-11-,18-17-,21-20-,24-23-. The Morgan fingerprint density at radius 3 is 1.65 bits per heavy atom. The molecule has 0 aromatic rings. The number of rotatable bonds is 40. The lowest BCUT2D eigenvalue weighted by atomic mass is 9.99. The molecule has 0 radical (unpaired) electrons. The van der Waals surface area contributed by atoms with Gasteiger partial charge in [0.2, 0.25) is 0 Å². The monoisotopic (exact) mass is 897 g/mol. The van der Waals surface area contributed by atoms with Crippen LogP contribution in [0.1, 0.15) is 168 Å². The third-order valence-corrected chi connectivity index (χ3v) is 10.8. The van der Waals surface area contributed by atoms with Gasteiger partial charge < -0.3 is 34.3 Å². The van der Waals surface area contributed by atoms with Gasteiger partial charge in [-0.05, 0) is 77.0 Å². The molecule has 0 spiro atoms. The molecule has 13 heteroatoms. The molecule has 0 aliphatic carbocycles. The minimum Gasteiger partial charge on any atom is -0.457 e. The van der Waals surface area contributed by atoms with Crippen LogP contribution in [0.15, 0.2) is 72.9 Å². The summed E-state index contributed by atoms with van der Waals surface area (Å²) in [7, 11) is -5.07. The molecule has 0 aromatic carbocycles. The molecule has 1 fully saturated rings. The van der Waals surface area contributed by atoms with Gasteiger partial charge in [-0.3, -0.25) is 9.35 Å². The highest BCUT2D eigenvalue weighted by molar-refractivity contribution is 7.80. The summed E-state index contributed by atoms with van der Waals surface area (Å²) in [4.78, 5) is 12.9. The SMILES string of the molecule is CC/C=C\C/C=C\C/C=C\C/C=C\C/C=C\CCCCCCCCCC(=O)OC(COCCCCCCCC/C=C\CCCC)COC1OC(CO)C(O)C(OS(=O)(=O)O)C1O. The zero-order valence-corrected chi connectivity index (χ0v) is 39.0. The quantitative estimate of drug-likeness (QED) is 0.0198. The van der Waals surface area contributed by atoms with E-state index < -0.39 is 59.8 Å². The molecule has 4 N–H and O–H groups in total. The van der Waals surface area contributed by atoms with Crippen molar-refractivity contribution in [2.24, 2.45) is 0 Å². The number of unbranched alkanes of at least 4 members (excludes halogenated alkanes) is 15. The Morgan fingerprint density at radius 2 is 1.11 bits per heavy atom. The summed E-state index contributed by atoms with van der Waals surface area (Å²) in [6, 6.07) is 0. The minimum atomic E-state index is -5.07. The van der Waals surface area contributed by atoms with E-state index in [2.05, 4.69) is 90.9 Å². The van der Waals surface area contributed by atoms with Gasteiger partial charge in [-0.2, -0.15) is 8.42 Å². The molecule has 0 amide bonds. The average molecular weight is 897 g/mol. The van der Waals surface area contributed by atoms with Crippen LogP contribution in [0.2, 0.25) is 0 Å². The van der Waals surface area contributed by atoms with Gasteiger partial charge in [0.05, 0.1) is 19.8 Å². The largest absolute Gasteiger partial charge is 0.457 e. The molecule has 0 aromatic heterocycles. The Labute approximate surface area is 375 Å². The highest BCUT2D eigenvalue weighted by Crippen LogP contribution is 2.26. The van der Waals surface area contributed by atoms with E-state index in [1.807, 2.05) is 0 Å². The summed E-state index contributed by atoms with van der Waals surface area (Å²) in [6.07, 6.45) is 42.2. The smallest absolute Gasteiger partial charge is 0.397 e. The Morgan fingerprint density at radius 1 is 0.629 bits per heavy atom. The summed E-state index contributed by atoms with van der Waals surface area (Å²) in [5, 5.41) is 30.7. The van der Waals surface area contributed by atoms with E-state index in [4.69, 9.17) is 23.5 Å². The van der Waals surface area contributed by atoms with Gasteiger partial charge in [0.15, 0.2) is 6.29 Å². The lowest BCUT2D eigenvalue weighted by molar-refractivity contribution is -0.301. The van der Waals surface area contributed by atoms with Crippen LogP contribution in [0.4, 0.5) is 0 Å². The maximum Gasteiger partial charge on any atom is 0.397 e. The summed E-state index contributed by atoms with van der Waals surface area (Å²) >= 11 is 0. The first-order chi connectivity index (χ1) is 30.1. The van der Waals surface area contributed by atoms with E-state index in [1.165, 1.54) is 32.1 Å². The van der Waals surface area contributed by atoms with Crippen molar-refractivity contribution < 1.29 is 56.2 Å². The number of carbonyl (C=O) groups excluding carboxylic acids is 1. The number of carbonyl (C=O) groups is 1. The van der Waals surface area contributed by atoms with Crippen LogP contribution in [0.25, 0.3) is 0 Å². The fraction of sp³-hybridized carbons (Fsp3) is 0.735. The summed E-state index contributed by atoms with van der Waals surface area (Å²) in [5.41, 5.74) is 0. The lowest BCUT2D eigenvalue weighted by Crippen LogP contribution is -2.60. The van der Waals surface area contributed by atoms with E-state index >= 15 is 0 Å². The van der Waals surface area contributed by atoms with Crippen LogP contribution >= 0.6 is 0 Å². The van der Waals surface area contributed by atoms with Crippen LogP contribution in [-0.2, 0) is 38.3 Å². The molecule has 358 valence electrons. The molecule has 1 aliphatic heterocycles. The molecule has 6 atom stereocenters. The average Bonchev–Trinajstić information content (AvgIpc) is 3.24. The number of esters is 1. The molecule has 1 rings (SSSR count). The molecule has 1 heterocycles. The van der Waals surface area contributed by atoms with Gasteiger partial charge in [-0.15, -0.1) is 0 Å². The van der Waals surface area contributed by atoms with E-state index in [9.17, 15) is 28.5 Å². The number of aliphatic hydroxyl groups excluding tert-OH is 3. The van der Waals surface area contributed by atoms with E-state index in [0.717, 1.165) is 109 Å². The number of ether oxygens (including phenoxy) is 4. The first-order valence-corrected chi connectivity index (χ1v) is 25.1. The fourth-order valence-corrected chi connectivity index (χ4v) is 7.25. The first-order valence-electron chi connectivity index (χ1n) is 23.7. The zero-order valence-electron chi connectivity index (χ0n) is 38.2. The van der Waals surface area contributed by atoms with Gasteiger partial charge in [-0.1, -0.05) is 157 Å². The molecular weight excluding hydrogens is 813 g/mol. The third kappa shape index (κ3) is 33.1. The van der Waals surface area contributed by atoms with Crippen molar-refractivity contribution in [3.8, 4) is 0 Å². The zero-order chi connectivity index (χ0) is 45.4. The Bertz CT molecular complexity index is 1360. The lowest BCUT2D eigenvalue weighted by Gasteiger charge is -2.41. The van der Waals surface area contributed by atoms with Gasteiger partial charge in [0.25, 0.3) is 0 Å². The molecule has 62 heavy (non-hydrogen) atoms. The molecule has 6 unspecified atom stereocenters. The molecule has 0 saturated carbocycles. The van der Waals surface area contributed by atoms with Crippen molar-refractivity contribution in [1.82, 2.24) is 0 Å². The molecule has 0 bridgehead atoms. The van der Waals surface area contributed by atoms with Gasteiger partial charge in [0.1, 0.15) is 30.5 Å². The van der Waals surface area contributed by atoms with Gasteiger partial charge in [-0.25, -0.2) is 4.18 Å². The van der Waals surface area contributed by atoms with Crippen LogP contribution < -0.4 is 0 Å². The Kier molecular flexibility index (Phi) is 37.2. The predicted molar refractivity (Wildman–Crippen MR) is 248 cm³/mol. The normalized spacial score (nSPS) is 20.6. The highest BCUT2D eigenvalue weighted by atomic mass is 32.3. The van der Waals surface area contributed by atoms with Crippen molar-refractivity contribution in [1.29, 1.82) is 0 Å². The number of hydrogen-bond acceptors (Lipinski definition) is 11. The summed E-state index contributed by atoms with van der Waals surface area (Å²) in [5.74, 6) is -0.416. The van der Waals surface area contributed by atoms with Crippen molar-refractivity contribution in [3.63, 3.8) is 0 Å². The predicted octanol–water partition coefficient (Wildman–Crippen LogP) is 10.3. The van der Waals surface area contributed by atoms with E-state index in [-0.39, 0.29) is 19.6 Å². The van der Waals surface area contributed by atoms with Crippen LogP contribution in [0, 0.1) is 0 Å². The van der Waals surface area contributed by atoms with Crippen molar-refractivity contribution >= 4 is 16.4 Å². The molecule has 1 saturated heterocycles. The number of aliphatic hydroxyl groups is 3. The second kappa shape index (κ2) is 40.1. The van der Waals surface area contributed by atoms with Gasteiger partial charge in [0, 0.05) is 13.0 Å². The first kappa shape index (κ1) is 57.6. The van der Waals surface area contributed by atoms with Crippen molar-refractivity contribution in [3.05, 3.63) is 72.9 Å². The van der Waals surface area contributed by atoms with Crippen molar-refractivity contribution in [2.45, 2.75) is 205 Å². The molecular formula is C49H84O12S. The maximum absolute atomic E-state index is 12.9. The van der Waals surface area contributed by atoms with Crippen LogP contribution in [0.3, 0.4) is 0 Å². The second-order valence-corrected chi connectivity index (χ2v) is 17.0. The Balaban J connectivity index is 2.39. The summed E-state index contributed by atoms with van der Waals surface area (Å²) < 4.78 is 59.1. The minimum absolute atomic E-state index is 0.0234. The Hall–Kier alpha value is -2.46. The fourth-order valence-electron chi connectivity index (χ4n) is 6.74. The molecule has 12 nitrogen and oxygen atoms in total. The van der Waals surface area contributed by atoms with E-state index in [0.29, 0.717) is 13.0 Å². The van der Waals surface area contributed by atoms with Crippen LogP contribution in [-0.4, -0.2) is 97.5 Å². The van der Waals surface area contributed by atoms with Crippen molar-refractivity contribution in [2.75, 3.05) is 26.4 Å². The number of hydrogen-bond donors (Lipinski definition) is 4. The number of allylic oxidation sites excluding steroid dienone is 12. The van der Waals surface area contributed by atoms with Crippen LogP contribution in [0.5, 0.6) is 0 Å². The second-order valence-electron chi connectivity index (χ2n) is 16.0. The van der Waals surface area contributed by atoms with E-state index in [1.54, 1.807) is 0 Å². The van der Waals surface area contributed by atoms with Gasteiger partial charge >= 0.3 is 16.4 Å². The highest BCUT2D eigenvalue weighted by Gasteiger charge is 2.48. The summed E-state index contributed by atoms with van der Waals surface area (Å²) in [6.45, 7) is 3.80. The topological polar surface area (TPSA) is 178 Å². The third-order valence-electron chi connectivity index (χ3n) is 10.3. The molecule has 1 aliphatic rings.